The van der Waals surface area contributed by atoms with E-state index < -0.39 is 29.6 Å². The smallest absolute Gasteiger partial charge is 0.320 e. The molecule has 5 rings (SSSR count). The van der Waals surface area contributed by atoms with Gasteiger partial charge in [0.15, 0.2) is 0 Å². The maximum absolute atomic E-state index is 14.1. The third kappa shape index (κ3) is 4.96. The van der Waals surface area contributed by atoms with Crippen molar-refractivity contribution in [1.82, 2.24) is 19.7 Å². The zero-order valence-corrected chi connectivity index (χ0v) is 20.4. The van der Waals surface area contributed by atoms with Gasteiger partial charge in [-0.15, -0.1) is 10.2 Å². The highest BCUT2D eigenvalue weighted by Crippen LogP contribution is 2.42. The van der Waals surface area contributed by atoms with Crippen LogP contribution in [0, 0.1) is 0 Å². The van der Waals surface area contributed by atoms with Crippen molar-refractivity contribution in [3.63, 3.8) is 0 Å². The van der Waals surface area contributed by atoms with Crippen LogP contribution in [-0.4, -0.2) is 44.6 Å². The number of likely N-dealkylation sites (tertiary alicyclic amines) is 1. The number of aryl methyl sites for hydroxylation is 1. The molecule has 3 heterocycles. The Labute approximate surface area is 210 Å². The van der Waals surface area contributed by atoms with Gasteiger partial charge in [0, 0.05) is 56.7 Å². The Morgan fingerprint density at radius 3 is 2.49 bits per heavy atom. The van der Waals surface area contributed by atoms with Crippen LogP contribution in [0.15, 0.2) is 42.7 Å². The van der Waals surface area contributed by atoms with Gasteiger partial charge in [0.25, 0.3) is 11.8 Å². The van der Waals surface area contributed by atoms with E-state index in [0.29, 0.717) is 23.5 Å². The lowest BCUT2D eigenvalue weighted by atomic mass is 9.94. The quantitative estimate of drug-likeness (QED) is 0.425. The van der Waals surface area contributed by atoms with Crippen LogP contribution in [0.25, 0.3) is 0 Å². The molecule has 2 aliphatic rings. The number of carbonyl (C=O) groups excluding carboxylic acids is 1. The van der Waals surface area contributed by atoms with Gasteiger partial charge in [0.05, 0.1) is 12.1 Å². The van der Waals surface area contributed by atoms with Crippen LogP contribution in [0.3, 0.4) is 0 Å². The normalized spacial score (nSPS) is 18.8. The van der Waals surface area contributed by atoms with E-state index in [9.17, 15) is 26.7 Å². The minimum Gasteiger partial charge on any atom is -0.320 e. The molecule has 0 radical (unpaired) electrons. The minimum absolute atomic E-state index is 0.00211. The first-order valence-corrected chi connectivity index (χ1v) is 12.0. The molecule has 6 nitrogen and oxygen atoms in total. The number of piperidine rings is 1. The van der Waals surface area contributed by atoms with Crippen molar-refractivity contribution in [3.05, 3.63) is 76.4 Å². The van der Waals surface area contributed by atoms with Crippen LogP contribution in [0.5, 0.6) is 0 Å². The highest BCUT2D eigenvalue weighted by atomic mass is 19.4. The SMILES string of the molecule is CC(c1cc2c(c(C(F)(F)F)c1)CN(c1cccc(Cc3nncn3C)c1)C2=O)N1CCC(F)(F)CC1. The van der Waals surface area contributed by atoms with Crippen LogP contribution in [0.2, 0.25) is 0 Å². The maximum Gasteiger partial charge on any atom is 0.416 e. The lowest BCUT2D eigenvalue weighted by Gasteiger charge is -2.36. The second-order valence-corrected chi connectivity index (χ2v) is 9.76. The fraction of sp³-hybridized carbons (Fsp3) is 0.423. The number of alkyl halides is 5. The van der Waals surface area contributed by atoms with Crippen molar-refractivity contribution >= 4 is 11.6 Å². The number of anilines is 1. The number of carbonyl (C=O) groups is 1. The third-order valence-corrected chi connectivity index (χ3v) is 7.32. The zero-order chi connectivity index (χ0) is 26.5. The average Bonchev–Trinajstić information content (AvgIpc) is 3.40. The van der Waals surface area contributed by atoms with Gasteiger partial charge in [0.2, 0.25) is 0 Å². The Morgan fingerprint density at radius 2 is 1.84 bits per heavy atom. The van der Waals surface area contributed by atoms with Crippen molar-refractivity contribution in [3.8, 4) is 0 Å². The molecule has 1 aromatic heterocycles. The van der Waals surface area contributed by atoms with E-state index in [1.165, 1.54) is 11.0 Å². The summed E-state index contributed by atoms with van der Waals surface area (Å²) in [4.78, 5) is 16.5. The largest absolute Gasteiger partial charge is 0.416 e. The Morgan fingerprint density at radius 1 is 1.11 bits per heavy atom. The van der Waals surface area contributed by atoms with Crippen molar-refractivity contribution in [1.29, 1.82) is 0 Å². The first-order valence-electron chi connectivity index (χ1n) is 12.0. The van der Waals surface area contributed by atoms with Crippen molar-refractivity contribution in [2.45, 2.75) is 50.9 Å². The summed E-state index contributed by atoms with van der Waals surface area (Å²) >= 11 is 0. The number of hydrogen-bond donors (Lipinski definition) is 0. The van der Waals surface area contributed by atoms with E-state index in [1.807, 2.05) is 13.1 Å². The van der Waals surface area contributed by atoms with Crippen LogP contribution < -0.4 is 4.90 Å². The van der Waals surface area contributed by atoms with Crippen molar-refractivity contribution in [2.24, 2.45) is 7.05 Å². The van der Waals surface area contributed by atoms with Gasteiger partial charge in [-0.2, -0.15) is 13.2 Å². The van der Waals surface area contributed by atoms with Gasteiger partial charge in [-0.05, 0) is 47.9 Å². The monoisotopic (exact) mass is 519 g/mol. The summed E-state index contributed by atoms with van der Waals surface area (Å²) in [6.45, 7) is 1.63. The molecule has 11 heteroatoms. The van der Waals surface area contributed by atoms with Gasteiger partial charge >= 0.3 is 6.18 Å². The van der Waals surface area contributed by atoms with Gasteiger partial charge in [0.1, 0.15) is 12.2 Å². The summed E-state index contributed by atoms with van der Waals surface area (Å²) in [5.74, 6) is -2.57. The van der Waals surface area contributed by atoms with Crippen LogP contribution in [0.4, 0.5) is 27.6 Å². The Kier molecular flexibility index (Phi) is 6.29. The number of fused-ring (bicyclic) bond motifs is 1. The molecule has 37 heavy (non-hydrogen) atoms. The van der Waals surface area contributed by atoms with Crippen LogP contribution in [0.1, 0.15) is 64.2 Å². The van der Waals surface area contributed by atoms with E-state index in [-0.39, 0.29) is 43.6 Å². The standard InChI is InChI=1S/C26H26F5N5O/c1-16(35-8-6-25(27,28)7-9-35)18-12-20-21(22(13-18)26(29,30)31)14-36(24(20)37)19-5-3-4-17(10-19)11-23-33-32-15-34(23)2/h3-5,10,12-13,15-16H,6-9,11,14H2,1-2H3. The lowest BCUT2D eigenvalue weighted by Crippen LogP contribution is -2.40. The second kappa shape index (κ2) is 9.20. The first-order chi connectivity index (χ1) is 17.4. The number of hydrogen-bond acceptors (Lipinski definition) is 4. The Balaban J connectivity index is 1.46. The van der Waals surface area contributed by atoms with Gasteiger partial charge in [-0.1, -0.05) is 12.1 Å². The molecule has 3 aromatic rings. The summed E-state index contributed by atoms with van der Waals surface area (Å²) in [7, 11) is 1.81. The number of nitrogens with zero attached hydrogens (tertiary/aromatic N) is 5. The van der Waals surface area contributed by atoms with E-state index in [0.717, 1.165) is 11.6 Å². The second-order valence-electron chi connectivity index (χ2n) is 9.76. The highest BCUT2D eigenvalue weighted by Gasteiger charge is 2.42. The zero-order valence-electron chi connectivity index (χ0n) is 20.4. The molecule has 2 aliphatic heterocycles. The molecule has 0 saturated carbocycles. The summed E-state index contributed by atoms with van der Waals surface area (Å²) in [6, 6.07) is 9.08. The van der Waals surface area contributed by atoms with Gasteiger partial charge < -0.3 is 9.47 Å². The van der Waals surface area contributed by atoms with E-state index >= 15 is 0 Å². The molecule has 1 fully saturated rings. The number of amides is 1. The van der Waals surface area contributed by atoms with E-state index in [2.05, 4.69) is 10.2 Å². The topological polar surface area (TPSA) is 54.3 Å². The number of benzene rings is 2. The molecular formula is C26H26F5N5O. The van der Waals surface area contributed by atoms with Crippen molar-refractivity contribution < 1.29 is 26.7 Å². The van der Waals surface area contributed by atoms with Crippen LogP contribution in [-0.2, 0) is 26.2 Å². The third-order valence-electron chi connectivity index (χ3n) is 7.32. The summed E-state index contributed by atoms with van der Waals surface area (Å²) < 4.78 is 71.4. The lowest BCUT2D eigenvalue weighted by molar-refractivity contribution is -0.138. The van der Waals surface area contributed by atoms with Crippen molar-refractivity contribution in [2.75, 3.05) is 18.0 Å². The summed E-state index contributed by atoms with van der Waals surface area (Å²) in [6.07, 6.45) is -3.33. The maximum atomic E-state index is 14.1. The molecule has 2 aromatic carbocycles. The molecule has 0 bridgehead atoms. The van der Waals surface area contributed by atoms with Crippen LogP contribution >= 0.6 is 0 Å². The van der Waals surface area contributed by atoms with Gasteiger partial charge in [-0.3, -0.25) is 9.69 Å². The van der Waals surface area contributed by atoms with E-state index in [4.69, 9.17) is 0 Å². The highest BCUT2D eigenvalue weighted by molar-refractivity contribution is 6.10. The van der Waals surface area contributed by atoms with E-state index in [1.54, 1.807) is 40.9 Å². The number of halogens is 5. The summed E-state index contributed by atoms with van der Waals surface area (Å²) in [5, 5.41) is 7.91. The molecule has 196 valence electrons. The first kappa shape index (κ1) is 25.3. The fourth-order valence-corrected chi connectivity index (χ4v) is 5.07. The number of aromatic nitrogens is 3. The molecular weight excluding hydrogens is 493 g/mol. The Hall–Kier alpha value is -3.34. The summed E-state index contributed by atoms with van der Waals surface area (Å²) in [5.41, 5.74) is 0.685. The molecule has 1 saturated heterocycles. The molecule has 0 N–H and O–H groups in total. The molecule has 0 aliphatic carbocycles. The fourth-order valence-electron chi connectivity index (χ4n) is 5.07. The Bertz CT molecular complexity index is 1330. The predicted molar refractivity (Wildman–Crippen MR) is 126 cm³/mol. The van der Waals surface area contributed by atoms with Gasteiger partial charge in [-0.25, -0.2) is 8.78 Å². The molecule has 1 unspecified atom stereocenters. The molecule has 1 atom stereocenters. The average molecular weight is 520 g/mol. The number of rotatable bonds is 5. The minimum atomic E-state index is -4.67. The predicted octanol–water partition coefficient (Wildman–Crippen LogP) is 5.38. The molecule has 0 spiro atoms. The molecule has 1 amide bonds.